The van der Waals surface area contributed by atoms with Crippen molar-refractivity contribution in [2.24, 2.45) is 0 Å². The van der Waals surface area contributed by atoms with E-state index in [1.54, 1.807) is 6.07 Å². The van der Waals surface area contributed by atoms with E-state index in [0.29, 0.717) is 11.6 Å². The molecule has 1 aliphatic heterocycles. The Kier molecular flexibility index (Phi) is 4.35. The Hall–Kier alpha value is -1.94. The van der Waals surface area contributed by atoms with Crippen LogP contribution in [0, 0.1) is 13.8 Å². The average Bonchev–Trinajstić information content (AvgIpc) is 2.91. The van der Waals surface area contributed by atoms with Crippen molar-refractivity contribution >= 4 is 23.3 Å². The maximum atomic E-state index is 12.8. The van der Waals surface area contributed by atoms with Crippen LogP contribution >= 0.6 is 11.6 Å². The Balaban J connectivity index is 1.83. The van der Waals surface area contributed by atoms with Crippen molar-refractivity contribution in [3.8, 4) is 0 Å². The number of halogens is 1. The third-order valence-electron chi connectivity index (χ3n) is 4.60. The first-order chi connectivity index (χ1) is 11.0. The minimum atomic E-state index is -0.0627. The number of carbonyl (C=O) groups excluding carboxylic acids is 1. The molecule has 0 aliphatic carbocycles. The lowest BCUT2D eigenvalue weighted by molar-refractivity contribution is 0.165. The molecule has 5 heteroatoms. The highest BCUT2D eigenvalue weighted by molar-refractivity contribution is 6.31. The summed E-state index contributed by atoms with van der Waals surface area (Å²) in [5.41, 5.74) is 4.25. The number of aryl methyl sites for hydroxylation is 2. The van der Waals surface area contributed by atoms with E-state index in [9.17, 15) is 4.79 Å². The molecule has 1 aliphatic rings. The lowest BCUT2D eigenvalue weighted by atomic mass is 10.1. The Labute approximate surface area is 142 Å². The molecule has 0 fully saturated rings. The molecule has 1 atom stereocenters. The highest BCUT2D eigenvalue weighted by Crippen LogP contribution is 2.31. The topological polar surface area (TPSA) is 37.3 Å². The van der Waals surface area contributed by atoms with Crippen molar-refractivity contribution in [3.05, 3.63) is 52.3 Å². The fourth-order valence-electron chi connectivity index (χ4n) is 3.30. The maximum Gasteiger partial charge on any atom is 0.322 e. The number of rotatable bonds is 2. The largest absolute Gasteiger partial charge is 0.345 e. The van der Waals surface area contributed by atoms with Gasteiger partial charge in [-0.25, -0.2) is 4.79 Å². The number of fused-ring (bicyclic) bond motifs is 1. The minimum Gasteiger partial charge on any atom is -0.345 e. The van der Waals surface area contributed by atoms with E-state index in [1.807, 2.05) is 24.0 Å². The van der Waals surface area contributed by atoms with Crippen molar-refractivity contribution in [1.29, 1.82) is 0 Å². The number of nitrogens with zero attached hydrogens (tertiary/aromatic N) is 2. The molecule has 3 rings (SSSR count). The summed E-state index contributed by atoms with van der Waals surface area (Å²) in [6.07, 6.45) is 0.894. The van der Waals surface area contributed by atoms with E-state index in [-0.39, 0.29) is 12.1 Å². The van der Waals surface area contributed by atoms with Crippen LogP contribution in [0.25, 0.3) is 0 Å². The van der Waals surface area contributed by atoms with Crippen LogP contribution in [0.4, 0.5) is 10.5 Å². The Morgan fingerprint density at radius 1 is 1.26 bits per heavy atom. The van der Waals surface area contributed by atoms with Gasteiger partial charge in [0, 0.05) is 35.2 Å². The van der Waals surface area contributed by atoms with Gasteiger partial charge in [-0.3, -0.25) is 0 Å². The predicted molar refractivity (Wildman–Crippen MR) is 94.1 cm³/mol. The summed E-state index contributed by atoms with van der Waals surface area (Å²) in [4.78, 5) is 14.7. The van der Waals surface area contributed by atoms with Crippen LogP contribution in [0.2, 0.25) is 5.02 Å². The Morgan fingerprint density at radius 2 is 2.04 bits per heavy atom. The number of amides is 2. The van der Waals surface area contributed by atoms with E-state index >= 15 is 0 Å². The number of anilines is 1. The van der Waals surface area contributed by atoms with Gasteiger partial charge in [0.2, 0.25) is 0 Å². The second-order valence-electron chi connectivity index (χ2n) is 6.06. The first-order valence-electron chi connectivity index (χ1n) is 8.01. The van der Waals surface area contributed by atoms with Crippen molar-refractivity contribution in [3.63, 3.8) is 0 Å². The summed E-state index contributed by atoms with van der Waals surface area (Å²) in [5.74, 6) is 0. The Bertz CT molecular complexity index is 738. The minimum absolute atomic E-state index is 0.0627. The van der Waals surface area contributed by atoms with E-state index < -0.39 is 0 Å². The normalized spacial score (nSPS) is 17.0. The Morgan fingerprint density at radius 3 is 2.78 bits per heavy atom. The van der Waals surface area contributed by atoms with Crippen LogP contribution in [-0.4, -0.2) is 22.0 Å². The van der Waals surface area contributed by atoms with Crippen LogP contribution < -0.4 is 5.32 Å². The molecule has 1 N–H and O–H groups in total. The number of nitrogens with one attached hydrogen (secondary N) is 1. The van der Waals surface area contributed by atoms with Gasteiger partial charge in [0.15, 0.2) is 0 Å². The van der Waals surface area contributed by atoms with Gasteiger partial charge in [-0.2, -0.15) is 0 Å². The molecule has 122 valence electrons. The molecule has 0 saturated carbocycles. The third kappa shape index (κ3) is 2.95. The monoisotopic (exact) mass is 331 g/mol. The molecule has 4 nitrogen and oxygen atoms in total. The molecule has 0 spiro atoms. The molecule has 2 aromatic rings. The number of carbonyl (C=O) groups is 1. The molecular weight excluding hydrogens is 310 g/mol. The highest BCUT2D eigenvalue weighted by Gasteiger charge is 2.30. The molecular formula is C18H22ClN3O. The lowest BCUT2D eigenvalue weighted by Gasteiger charge is -2.37. The van der Waals surface area contributed by atoms with Gasteiger partial charge in [-0.15, -0.1) is 0 Å². The highest BCUT2D eigenvalue weighted by atomic mass is 35.5. The van der Waals surface area contributed by atoms with E-state index in [2.05, 4.69) is 35.9 Å². The molecule has 0 radical (unpaired) electrons. The van der Waals surface area contributed by atoms with Gasteiger partial charge in [-0.1, -0.05) is 24.6 Å². The number of urea groups is 1. The molecule has 0 saturated heterocycles. The maximum absolute atomic E-state index is 12.8. The van der Waals surface area contributed by atoms with Gasteiger partial charge in [0.25, 0.3) is 0 Å². The van der Waals surface area contributed by atoms with Crippen LogP contribution in [0.3, 0.4) is 0 Å². The molecule has 23 heavy (non-hydrogen) atoms. The van der Waals surface area contributed by atoms with Crippen LogP contribution in [0.15, 0.2) is 30.3 Å². The van der Waals surface area contributed by atoms with Crippen LogP contribution in [0.5, 0.6) is 0 Å². The SMILES string of the molecule is CCC1c2ccc(C)n2CCN1C(=O)Nc1cc(Cl)ccc1C. The van der Waals surface area contributed by atoms with Gasteiger partial charge >= 0.3 is 6.03 Å². The number of benzene rings is 1. The summed E-state index contributed by atoms with van der Waals surface area (Å²) in [6, 6.07) is 9.85. The second-order valence-corrected chi connectivity index (χ2v) is 6.49. The molecule has 1 unspecified atom stereocenters. The van der Waals surface area contributed by atoms with E-state index in [0.717, 1.165) is 24.2 Å². The summed E-state index contributed by atoms with van der Waals surface area (Å²) in [7, 11) is 0. The van der Waals surface area contributed by atoms with Crippen LogP contribution in [-0.2, 0) is 6.54 Å². The van der Waals surface area contributed by atoms with Crippen molar-refractivity contribution in [2.45, 2.75) is 39.8 Å². The van der Waals surface area contributed by atoms with Gasteiger partial charge in [-0.05, 0) is 50.1 Å². The van der Waals surface area contributed by atoms with Gasteiger partial charge in [0.05, 0.1) is 6.04 Å². The zero-order chi connectivity index (χ0) is 16.6. The summed E-state index contributed by atoms with van der Waals surface area (Å²) < 4.78 is 2.31. The van der Waals surface area contributed by atoms with Crippen molar-refractivity contribution < 1.29 is 4.79 Å². The van der Waals surface area contributed by atoms with Crippen molar-refractivity contribution in [1.82, 2.24) is 9.47 Å². The average molecular weight is 332 g/mol. The molecule has 2 amide bonds. The fourth-order valence-corrected chi connectivity index (χ4v) is 3.47. The van der Waals surface area contributed by atoms with Crippen molar-refractivity contribution in [2.75, 3.05) is 11.9 Å². The molecule has 1 aromatic carbocycles. The lowest BCUT2D eigenvalue weighted by Crippen LogP contribution is -2.44. The number of hydrogen-bond acceptors (Lipinski definition) is 1. The first kappa shape index (κ1) is 15.9. The zero-order valence-corrected chi connectivity index (χ0v) is 14.5. The molecule has 1 aromatic heterocycles. The summed E-state index contributed by atoms with van der Waals surface area (Å²) >= 11 is 6.04. The zero-order valence-electron chi connectivity index (χ0n) is 13.8. The standard InChI is InChI=1S/C18H22ClN3O/c1-4-16-17-8-6-13(3)21(17)9-10-22(16)18(23)20-15-11-14(19)7-5-12(15)2/h5-8,11,16H,4,9-10H2,1-3H3,(H,20,23). The van der Waals surface area contributed by atoms with Gasteiger partial charge in [0.1, 0.15) is 0 Å². The third-order valence-corrected chi connectivity index (χ3v) is 4.84. The van der Waals surface area contributed by atoms with E-state index in [1.165, 1.54) is 11.4 Å². The summed E-state index contributed by atoms with van der Waals surface area (Å²) in [5, 5.41) is 3.64. The van der Waals surface area contributed by atoms with Crippen LogP contribution in [0.1, 0.15) is 36.3 Å². The fraction of sp³-hybridized carbons (Fsp3) is 0.389. The molecule has 0 bridgehead atoms. The first-order valence-corrected chi connectivity index (χ1v) is 8.39. The summed E-state index contributed by atoms with van der Waals surface area (Å²) in [6.45, 7) is 7.75. The van der Waals surface area contributed by atoms with E-state index in [4.69, 9.17) is 11.6 Å². The smallest absolute Gasteiger partial charge is 0.322 e. The van der Waals surface area contributed by atoms with Gasteiger partial charge < -0.3 is 14.8 Å². The molecule has 2 heterocycles. The predicted octanol–water partition coefficient (Wildman–Crippen LogP) is 4.76. The second kappa shape index (κ2) is 6.28. The number of aromatic nitrogens is 1. The number of hydrogen-bond donors (Lipinski definition) is 1. The quantitative estimate of drug-likeness (QED) is 0.846.